The van der Waals surface area contributed by atoms with Crippen molar-refractivity contribution < 1.29 is 19.1 Å². The van der Waals surface area contributed by atoms with Crippen LogP contribution in [0.5, 0.6) is 0 Å². The first-order valence-electron chi connectivity index (χ1n) is 6.65. The molecule has 1 atom stereocenters. The number of carbonyl (C=O) groups is 3. The Bertz CT molecular complexity index is 474. The van der Waals surface area contributed by atoms with Gasteiger partial charge in [0.05, 0.1) is 6.61 Å². The van der Waals surface area contributed by atoms with Gasteiger partial charge in [-0.25, -0.2) is 0 Å². The number of ketones is 2. The Balaban J connectivity index is 2.87. The summed E-state index contributed by atoms with van der Waals surface area (Å²) in [6.45, 7) is 3.32. The van der Waals surface area contributed by atoms with Crippen LogP contribution in [-0.2, 0) is 19.1 Å². The van der Waals surface area contributed by atoms with E-state index in [1.807, 2.05) is 0 Å². The number of hydrogen-bond acceptors (Lipinski definition) is 5. The van der Waals surface area contributed by atoms with Crippen molar-refractivity contribution in [2.75, 3.05) is 6.61 Å². The molecular formula is C15H19NO4. The van der Waals surface area contributed by atoms with E-state index in [0.29, 0.717) is 12.0 Å². The van der Waals surface area contributed by atoms with Crippen LogP contribution in [0.4, 0.5) is 0 Å². The Kier molecular flexibility index (Phi) is 6.56. The molecule has 5 nitrogen and oxygen atoms in total. The molecule has 0 saturated heterocycles. The minimum atomic E-state index is -0.942. The van der Waals surface area contributed by atoms with Crippen molar-refractivity contribution in [1.29, 1.82) is 0 Å². The van der Waals surface area contributed by atoms with Crippen molar-refractivity contribution in [3.8, 4) is 0 Å². The predicted molar refractivity (Wildman–Crippen MR) is 75.4 cm³/mol. The maximum atomic E-state index is 12.4. The molecule has 0 bridgehead atoms. The van der Waals surface area contributed by atoms with Crippen molar-refractivity contribution in [1.82, 2.24) is 0 Å². The minimum absolute atomic E-state index is 0.0597. The van der Waals surface area contributed by atoms with Crippen LogP contribution in [0.15, 0.2) is 28.9 Å². The van der Waals surface area contributed by atoms with Gasteiger partial charge in [-0.1, -0.05) is 12.2 Å². The summed E-state index contributed by atoms with van der Waals surface area (Å²) in [6, 6.07) is 0. The molecule has 0 N–H and O–H groups in total. The highest BCUT2D eigenvalue weighted by Crippen LogP contribution is 2.18. The summed E-state index contributed by atoms with van der Waals surface area (Å²) in [5.74, 6) is -1.93. The highest BCUT2D eigenvalue weighted by molar-refractivity contribution is 6.10. The number of ether oxygens (including phenoxy) is 1. The van der Waals surface area contributed by atoms with E-state index in [0.717, 1.165) is 0 Å². The van der Waals surface area contributed by atoms with E-state index in [1.165, 1.54) is 13.1 Å². The zero-order valence-corrected chi connectivity index (χ0v) is 11.8. The zero-order valence-electron chi connectivity index (χ0n) is 11.8. The Hall–Kier alpha value is -2.04. The average Bonchev–Trinajstić information content (AvgIpc) is 2.67. The first kappa shape index (κ1) is 16.0. The normalized spacial score (nSPS) is 15.2. The monoisotopic (exact) mass is 277 g/mol. The largest absolute Gasteiger partial charge is 0.465 e. The SMILES string of the molecule is CCOC(=O)C(CCC(C)=O)C(=O)C1=CN=CCC=C1. The van der Waals surface area contributed by atoms with Crippen LogP contribution in [0.1, 0.15) is 33.1 Å². The van der Waals surface area contributed by atoms with E-state index in [9.17, 15) is 14.4 Å². The molecule has 5 heteroatoms. The summed E-state index contributed by atoms with van der Waals surface area (Å²) < 4.78 is 4.92. The molecule has 1 aliphatic rings. The van der Waals surface area contributed by atoms with E-state index < -0.39 is 11.9 Å². The minimum Gasteiger partial charge on any atom is -0.465 e. The lowest BCUT2D eigenvalue weighted by Crippen LogP contribution is -2.27. The number of nitrogens with zero attached hydrogens (tertiary/aromatic N) is 1. The summed E-state index contributed by atoms with van der Waals surface area (Å²) in [7, 11) is 0. The van der Waals surface area contributed by atoms with E-state index in [-0.39, 0.29) is 31.0 Å². The number of rotatable bonds is 7. The second kappa shape index (κ2) is 8.19. The predicted octanol–water partition coefficient (Wildman–Crippen LogP) is 2.02. The van der Waals surface area contributed by atoms with Gasteiger partial charge in [0.25, 0.3) is 0 Å². The molecular weight excluding hydrogens is 258 g/mol. The third-order valence-electron chi connectivity index (χ3n) is 2.82. The number of Topliss-reactive ketones (excluding diaryl/α,β-unsaturated/α-hetero) is 2. The van der Waals surface area contributed by atoms with Crippen molar-refractivity contribution in [2.45, 2.75) is 33.1 Å². The molecule has 0 amide bonds. The van der Waals surface area contributed by atoms with Gasteiger partial charge in [0.1, 0.15) is 11.7 Å². The van der Waals surface area contributed by atoms with E-state index in [4.69, 9.17) is 4.74 Å². The van der Waals surface area contributed by atoms with Gasteiger partial charge in [-0.2, -0.15) is 0 Å². The highest BCUT2D eigenvalue weighted by Gasteiger charge is 2.29. The topological polar surface area (TPSA) is 72.8 Å². The Morgan fingerprint density at radius 1 is 1.40 bits per heavy atom. The smallest absolute Gasteiger partial charge is 0.316 e. The fourth-order valence-electron chi connectivity index (χ4n) is 1.79. The van der Waals surface area contributed by atoms with Gasteiger partial charge in [-0.15, -0.1) is 0 Å². The van der Waals surface area contributed by atoms with Crippen LogP contribution in [0.3, 0.4) is 0 Å². The Labute approximate surface area is 118 Å². The van der Waals surface area contributed by atoms with E-state index in [2.05, 4.69) is 4.99 Å². The summed E-state index contributed by atoms with van der Waals surface area (Å²) in [5, 5.41) is 0. The molecule has 0 saturated carbocycles. The number of esters is 1. The quantitative estimate of drug-likeness (QED) is 0.527. The molecule has 1 aliphatic heterocycles. The summed E-state index contributed by atoms with van der Waals surface area (Å²) >= 11 is 0. The second-order valence-electron chi connectivity index (χ2n) is 4.46. The third-order valence-corrected chi connectivity index (χ3v) is 2.82. The molecule has 0 radical (unpaired) electrons. The molecule has 0 aromatic carbocycles. The molecule has 0 aromatic rings. The van der Waals surface area contributed by atoms with Gasteiger partial charge in [-0.3, -0.25) is 14.6 Å². The third kappa shape index (κ3) is 4.91. The zero-order chi connectivity index (χ0) is 15.0. The summed E-state index contributed by atoms with van der Waals surface area (Å²) in [5.41, 5.74) is 0.361. The number of aliphatic imine (C=N–C) groups is 1. The van der Waals surface area contributed by atoms with Gasteiger partial charge in [0.2, 0.25) is 0 Å². The Morgan fingerprint density at radius 3 is 2.80 bits per heavy atom. The van der Waals surface area contributed by atoms with Crippen molar-refractivity contribution in [3.63, 3.8) is 0 Å². The van der Waals surface area contributed by atoms with Crippen LogP contribution in [-0.4, -0.2) is 30.4 Å². The molecule has 1 unspecified atom stereocenters. The molecule has 0 aromatic heterocycles. The molecule has 0 fully saturated rings. The maximum Gasteiger partial charge on any atom is 0.316 e. The molecule has 20 heavy (non-hydrogen) atoms. The number of allylic oxidation sites excluding steroid dienone is 3. The van der Waals surface area contributed by atoms with Gasteiger partial charge in [0, 0.05) is 30.8 Å². The molecule has 0 aliphatic carbocycles. The van der Waals surface area contributed by atoms with Crippen molar-refractivity contribution in [2.24, 2.45) is 10.9 Å². The van der Waals surface area contributed by atoms with Crippen LogP contribution >= 0.6 is 0 Å². The van der Waals surface area contributed by atoms with Gasteiger partial charge in [0.15, 0.2) is 5.78 Å². The fraction of sp³-hybridized carbons (Fsp3) is 0.467. The first-order chi connectivity index (χ1) is 9.56. The lowest BCUT2D eigenvalue weighted by atomic mass is 9.92. The Morgan fingerprint density at radius 2 is 2.15 bits per heavy atom. The lowest BCUT2D eigenvalue weighted by molar-refractivity contribution is -0.151. The summed E-state index contributed by atoms with van der Waals surface area (Å²) in [4.78, 5) is 39.3. The lowest BCUT2D eigenvalue weighted by Gasteiger charge is -2.14. The van der Waals surface area contributed by atoms with Crippen LogP contribution in [0, 0.1) is 5.92 Å². The van der Waals surface area contributed by atoms with Crippen LogP contribution in [0.25, 0.3) is 0 Å². The van der Waals surface area contributed by atoms with Gasteiger partial charge >= 0.3 is 5.97 Å². The van der Waals surface area contributed by atoms with Gasteiger partial charge < -0.3 is 9.53 Å². The van der Waals surface area contributed by atoms with Crippen molar-refractivity contribution in [3.05, 3.63) is 23.9 Å². The molecule has 108 valence electrons. The molecule has 1 heterocycles. The van der Waals surface area contributed by atoms with Crippen molar-refractivity contribution >= 4 is 23.8 Å². The van der Waals surface area contributed by atoms with Crippen LogP contribution < -0.4 is 0 Å². The maximum absolute atomic E-state index is 12.4. The van der Waals surface area contributed by atoms with Gasteiger partial charge in [-0.05, 0) is 20.3 Å². The van der Waals surface area contributed by atoms with E-state index >= 15 is 0 Å². The summed E-state index contributed by atoms with van der Waals surface area (Å²) in [6.07, 6.45) is 7.54. The molecule has 0 spiro atoms. The standard InChI is InChI=1S/C15H19NO4/c1-3-20-15(19)13(8-7-11(2)17)14(18)12-6-4-5-9-16-10-12/h4,6,9-10,13H,3,5,7-8H2,1-2H3. The van der Waals surface area contributed by atoms with E-state index in [1.54, 1.807) is 25.3 Å². The van der Waals surface area contributed by atoms with Crippen LogP contribution in [0.2, 0.25) is 0 Å². The first-order valence-corrected chi connectivity index (χ1v) is 6.65. The molecule has 1 rings (SSSR count). The average molecular weight is 277 g/mol. The second-order valence-corrected chi connectivity index (χ2v) is 4.46. The number of hydrogen-bond donors (Lipinski definition) is 0. The number of carbonyl (C=O) groups excluding carboxylic acids is 3. The highest BCUT2D eigenvalue weighted by atomic mass is 16.5. The fourth-order valence-corrected chi connectivity index (χ4v) is 1.79.